The van der Waals surface area contributed by atoms with E-state index in [0.717, 1.165) is 50.3 Å². The number of aliphatic hydroxyl groups is 1. The van der Waals surface area contributed by atoms with Crippen LogP contribution in [0.4, 0.5) is 0 Å². The van der Waals surface area contributed by atoms with Crippen molar-refractivity contribution in [2.24, 2.45) is 40.4 Å². The van der Waals surface area contributed by atoms with Crippen LogP contribution in [-0.2, 0) is 4.79 Å². The van der Waals surface area contributed by atoms with E-state index < -0.39 is 0 Å². The van der Waals surface area contributed by atoms with Crippen molar-refractivity contribution in [3.8, 4) is 0 Å². The van der Waals surface area contributed by atoms with Gasteiger partial charge >= 0.3 is 0 Å². The first-order chi connectivity index (χ1) is 14.9. The van der Waals surface area contributed by atoms with Gasteiger partial charge in [-0.2, -0.15) is 0 Å². The number of rotatable bonds is 8. The summed E-state index contributed by atoms with van der Waals surface area (Å²) in [6, 6.07) is 0. The van der Waals surface area contributed by atoms with Crippen LogP contribution in [-0.4, -0.2) is 47.1 Å². The zero-order valence-corrected chi connectivity index (χ0v) is 20.4. The van der Waals surface area contributed by atoms with Crippen LogP contribution < -0.4 is 10.6 Å². The number of hydrogen-bond donors (Lipinski definition) is 4. The number of amides is 1. The Kier molecular flexibility index (Phi) is 7.62. The summed E-state index contributed by atoms with van der Waals surface area (Å²) in [5.74, 6) is 3.93. The van der Waals surface area contributed by atoms with Crippen molar-refractivity contribution in [2.75, 3.05) is 25.4 Å². The summed E-state index contributed by atoms with van der Waals surface area (Å²) in [6.07, 6.45) is 11.3. The van der Waals surface area contributed by atoms with Gasteiger partial charge < -0.3 is 20.3 Å². The summed E-state index contributed by atoms with van der Waals surface area (Å²) in [4.78, 5) is 11.9. The summed E-state index contributed by atoms with van der Waals surface area (Å²) in [5, 5.41) is 17.7. The highest BCUT2D eigenvalue weighted by Crippen LogP contribution is 2.66. The van der Waals surface area contributed by atoms with Crippen LogP contribution >= 0.6 is 12.0 Å². The summed E-state index contributed by atoms with van der Waals surface area (Å²) in [6.45, 7) is 7.86. The molecule has 8 atom stereocenters. The topological polar surface area (TPSA) is 81.6 Å². The quantitative estimate of drug-likeness (QED) is 0.326. The van der Waals surface area contributed by atoms with E-state index in [1.54, 1.807) is 0 Å². The number of carbonyl (C=O) groups excluding carboxylic acids is 1. The number of unbranched alkanes of at least 4 members (excludes halogenated alkanes) is 1. The van der Waals surface area contributed by atoms with Crippen molar-refractivity contribution in [1.29, 1.82) is 0 Å². The average Bonchev–Trinajstić information content (AvgIpc) is 3.08. The van der Waals surface area contributed by atoms with Gasteiger partial charge in [0.05, 0.1) is 6.10 Å². The first-order valence-corrected chi connectivity index (χ1v) is 13.8. The molecule has 4 rings (SSSR count). The highest BCUT2D eigenvalue weighted by atomic mass is 32.2. The molecule has 4 N–H and O–H groups in total. The maximum Gasteiger partial charge on any atom is 0.220 e. The maximum atomic E-state index is 11.9. The summed E-state index contributed by atoms with van der Waals surface area (Å²) in [5.41, 5.74) is 0.787. The zero-order chi connectivity index (χ0) is 22.1. The lowest BCUT2D eigenvalue weighted by atomic mass is 9.45. The molecular formula is C25H44N2O3S. The molecule has 5 nitrogen and oxygen atoms in total. The number of fused-ring (bicyclic) bond motifs is 5. The van der Waals surface area contributed by atoms with Gasteiger partial charge in [0, 0.05) is 18.7 Å². The second-order valence-corrected chi connectivity index (χ2v) is 12.2. The molecule has 178 valence electrons. The molecule has 4 fully saturated rings. The number of aliphatic hydroxyl groups excluding tert-OH is 1. The molecule has 3 aliphatic carbocycles. The average molecular weight is 453 g/mol. The van der Waals surface area contributed by atoms with Crippen molar-refractivity contribution in [3.05, 3.63) is 0 Å². The molecule has 0 spiro atoms. The molecule has 31 heavy (non-hydrogen) atoms. The molecule has 4 aliphatic rings. The highest BCUT2D eigenvalue weighted by molar-refractivity contribution is 7.93. The van der Waals surface area contributed by atoms with Crippen LogP contribution in [0.5, 0.6) is 0 Å². The van der Waals surface area contributed by atoms with Crippen LogP contribution in [0.2, 0.25) is 0 Å². The Morgan fingerprint density at radius 3 is 2.74 bits per heavy atom. The lowest BCUT2D eigenvalue weighted by Crippen LogP contribution is -2.60. The van der Waals surface area contributed by atoms with Crippen LogP contribution in [0.15, 0.2) is 0 Å². The second-order valence-electron chi connectivity index (χ2n) is 11.5. The monoisotopic (exact) mass is 452 g/mol. The molecule has 0 bridgehead atoms. The lowest BCUT2D eigenvalue weighted by molar-refractivity contribution is -0.159. The lowest BCUT2D eigenvalue weighted by Gasteiger charge is -2.62. The summed E-state index contributed by atoms with van der Waals surface area (Å²) in [7, 11) is 0. The number of hydrogen-bond acceptors (Lipinski definition) is 5. The standard InChI is InChI=1S/C25H44N2O3S/c1-24-10-9-20-23(21(28)15-18-16-26-12-11-25(18,20)2)19(24)8-7-17(24)5-3-4-6-22(29)27-13-14-31-30/h17-21,23,26,28,30H,3-16H2,1-2H3,(H,27,29)/t17?,18?,19?,20?,21-,23?,24?,25?/m0/s1. The predicted octanol–water partition coefficient (Wildman–Crippen LogP) is 4.31. The molecule has 7 unspecified atom stereocenters. The fraction of sp³-hybridized carbons (Fsp3) is 0.960. The third kappa shape index (κ3) is 4.56. The van der Waals surface area contributed by atoms with Crippen LogP contribution in [0.3, 0.4) is 0 Å². The Bertz CT molecular complexity index is 634. The molecule has 0 aromatic carbocycles. The van der Waals surface area contributed by atoms with Crippen molar-refractivity contribution >= 4 is 17.9 Å². The normalized spacial score (nSPS) is 44.3. The molecule has 1 amide bonds. The van der Waals surface area contributed by atoms with Crippen LogP contribution in [0.1, 0.15) is 78.1 Å². The van der Waals surface area contributed by atoms with E-state index in [-0.39, 0.29) is 12.0 Å². The first kappa shape index (κ1) is 23.8. The van der Waals surface area contributed by atoms with Gasteiger partial charge in [-0.3, -0.25) is 4.79 Å². The Balaban J connectivity index is 1.33. The van der Waals surface area contributed by atoms with Gasteiger partial charge in [0.15, 0.2) is 0 Å². The van der Waals surface area contributed by atoms with Crippen molar-refractivity contribution in [1.82, 2.24) is 10.6 Å². The first-order valence-electron chi connectivity index (χ1n) is 12.8. The fourth-order valence-corrected chi connectivity index (χ4v) is 8.64. The Labute approximate surface area is 193 Å². The smallest absolute Gasteiger partial charge is 0.220 e. The molecule has 6 heteroatoms. The van der Waals surface area contributed by atoms with E-state index in [0.29, 0.717) is 53.2 Å². The predicted molar refractivity (Wildman–Crippen MR) is 127 cm³/mol. The molecule has 3 saturated carbocycles. The molecular weight excluding hydrogens is 408 g/mol. The Morgan fingerprint density at radius 2 is 1.94 bits per heavy atom. The second kappa shape index (κ2) is 9.90. The van der Waals surface area contributed by atoms with Gasteiger partial charge in [0.25, 0.3) is 0 Å². The van der Waals surface area contributed by atoms with Gasteiger partial charge in [-0.1, -0.05) is 20.3 Å². The highest BCUT2D eigenvalue weighted by Gasteiger charge is 2.61. The molecule has 1 saturated heterocycles. The maximum absolute atomic E-state index is 11.9. The van der Waals surface area contributed by atoms with Gasteiger partial charge in [0.1, 0.15) is 0 Å². The summed E-state index contributed by atoms with van der Waals surface area (Å²) >= 11 is 0.777. The van der Waals surface area contributed by atoms with E-state index in [1.165, 1.54) is 38.5 Å². The van der Waals surface area contributed by atoms with E-state index in [1.807, 2.05) is 0 Å². The minimum Gasteiger partial charge on any atom is -0.393 e. The van der Waals surface area contributed by atoms with Crippen LogP contribution in [0.25, 0.3) is 0 Å². The Hall–Kier alpha value is -0.300. The largest absolute Gasteiger partial charge is 0.393 e. The van der Waals surface area contributed by atoms with Gasteiger partial charge in [0.2, 0.25) is 5.91 Å². The number of piperidine rings is 1. The molecule has 0 aromatic rings. The number of nitrogens with one attached hydrogen (secondary N) is 2. The van der Waals surface area contributed by atoms with Gasteiger partial charge in [-0.05, 0) is 117 Å². The van der Waals surface area contributed by atoms with E-state index in [9.17, 15) is 9.90 Å². The SMILES string of the molecule is CC12CCC3C(C1CCC2CCCCC(=O)NCCSO)[C@@H](O)CC1CNCCC13C. The molecule has 1 aliphatic heterocycles. The molecule has 0 radical (unpaired) electrons. The Morgan fingerprint density at radius 1 is 1.13 bits per heavy atom. The molecule has 1 heterocycles. The zero-order valence-electron chi connectivity index (χ0n) is 19.6. The minimum atomic E-state index is -0.118. The van der Waals surface area contributed by atoms with Gasteiger partial charge in [-0.15, -0.1) is 0 Å². The third-order valence-corrected chi connectivity index (χ3v) is 10.6. The van der Waals surface area contributed by atoms with Crippen LogP contribution in [0, 0.1) is 40.4 Å². The minimum absolute atomic E-state index is 0.111. The van der Waals surface area contributed by atoms with Crippen molar-refractivity contribution in [3.63, 3.8) is 0 Å². The molecule has 0 aromatic heterocycles. The summed E-state index contributed by atoms with van der Waals surface area (Å²) < 4.78 is 8.74. The van der Waals surface area contributed by atoms with Crippen molar-refractivity contribution < 1.29 is 14.5 Å². The van der Waals surface area contributed by atoms with Crippen molar-refractivity contribution in [2.45, 2.75) is 84.2 Å². The fourth-order valence-electron chi connectivity index (χ4n) is 8.45. The van der Waals surface area contributed by atoms with Gasteiger partial charge in [-0.25, -0.2) is 0 Å². The van der Waals surface area contributed by atoms with E-state index >= 15 is 0 Å². The third-order valence-electron chi connectivity index (χ3n) is 10.2. The number of carbonyl (C=O) groups is 1. The van der Waals surface area contributed by atoms with E-state index in [4.69, 9.17) is 4.55 Å². The van der Waals surface area contributed by atoms with E-state index in [2.05, 4.69) is 24.5 Å².